The van der Waals surface area contributed by atoms with Crippen LogP contribution < -0.4 is 4.74 Å². The quantitative estimate of drug-likeness (QED) is 0.932. The normalized spacial score (nSPS) is 18.2. The maximum atomic E-state index is 12.5. The van der Waals surface area contributed by atoms with Gasteiger partial charge < -0.3 is 14.6 Å². The molecule has 1 unspecified atom stereocenters. The molecule has 1 aromatic heterocycles. The average molecular weight is 271 g/mol. The molecule has 1 fully saturated rings. The van der Waals surface area contributed by atoms with Crippen molar-refractivity contribution in [3.63, 3.8) is 0 Å². The molecule has 0 bridgehead atoms. The molecule has 5 nitrogen and oxygen atoms in total. The van der Waals surface area contributed by atoms with E-state index in [1.807, 2.05) is 29.2 Å². The molecule has 3 rings (SSSR count). The average Bonchev–Trinajstić information content (AvgIpc) is 3.17. The highest BCUT2D eigenvalue weighted by molar-refractivity contribution is 5.92. The van der Waals surface area contributed by atoms with Crippen LogP contribution in [0.4, 0.5) is 0 Å². The largest absolute Gasteiger partial charge is 0.497 e. The molecular weight excluding hydrogens is 254 g/mol. The Balaban J connectivity index is 1.86. The van der Waals surface area contributed by atoms with Crippen LogP contribution in [0.1, 0.15) is 34.9 Å². The van der Waals surface area contributed by atoms with Gasteiger partial charge in [0.15, 0.2) is 0 Å². The van der Waals surface area contributed by atoms with Gasteiger partial charge in [0.05, 0.1) is 25.7 Å². The molecule has 0 aliphatic carbocycles. The third kappa shape index (κ3) is 2.27. The Morgan fingerprint density at radius 1 is 1.50 bits per heavy atom. The van der Waals surface area contributed by atoms with Crippen LogP contribution in [0.25, 0.3) is 0 Å². The number of benzene rings is 1. The molecule has 20 heavy (non-hydrogen) atoms. The molecule has 2 aromatic rings. The summed E-state index contributed by atoms with van der Waals surface area (Å²) in [7, 11) is 1.65. The summed E-state index contributed by atoms with van der Waals surface area (Å²) in [6, 6.07) is 8.04. The Kier molecular flexibility index (Phi) is 3.41. The van der Waals surface area contributed by atoms with Gasteiger partial charge >= 0.3 is 0 Å². The van der Waals surface area contributed by atoms with Crippen LogP contribution in [0.2, 0.25) is 0 Å². The van der Waals surface area contributed by atoms with Crippen molar-refractivity contribution < 1.29 is 9.53 Å². The highest BCUT2D eigenvalue weighted by Crippen LogP contribution is 2.34. The van der Waals surface area contributed by atoms with Gasteiger partial charge in [0.2, 0.25) is 0 Å². The number of aromatic amines is 1. The fraction of sp³-hybridized carbons (Fsp3) is 0.333. The number of likely N-dealkylation sites (tertiary alicyclic amines) is 1. The number of hydrogen-bond donors (Lipinski definition) is 1. The summed E-state index contributed by atoms with van der Waals surface area (Å²) in [6.07, 6.45) is 5.10. The lowest BCUT2D eigenvalue weighted by molar-refractivity contribution is 0.0730. The standard InChI is InChI=1S/C15H17N3O2/c1-20-12-5-2-4-11(8-12)14-6-3-7-18(14)15(19)13-9-16-10-17-13/h2,4-5,8-10,14H,3,6-7H2,1H3,(H,16,17). The minimum Gasteiger partial charge on any atom is -0.497 e. The van der Waals surface area contributed by atoms with E-state index in [0.717, 1.165) is 30.7 Å². The van der Waals surface area contributed by atoms with E-state index in [2.05, 4.69) is 9.97 Å². The summed E-state index contributed by atoms with van der Waals surface area (Å²) in [5.41, 5.74) is 1.66. The molecule has 1 atom stereocenters. The third-order valence-electron chi connectivity index (χ3n) is 3.72. The Morgan fingerprint density at radius 3 is 3.15 bits per heavy atom. The van der Waals surface area contributed by atoms with Crippen molar-refractivity contribution in [3.05, 3.63) is 48.0 Å². The number of amides is 1. The highest BCUT2D eigenvalue weighted by atomic mass is 16.5. The van der Waals surface area contributed by atoms with Crippen molar-refractivity contribution in [2.24, 2.45) is 0 Å². The number of imidazole rings is 1. The molecule has 1 amide bonds. The number of hydrogen-bond acceptors (Lipinski definition) is 3. The molecule has 1 N–H and O–H groups in total. The van der Waals surface area contributed by atoms with Gasteiger partial charge in [-0.1, -0.05) is 12.1 Å². The number of rotatable bonds is 3. The van der Waals surface area contributed by atoms with Crippen molar-refractivity contribution >= 4 is 5.91 Å². The second kappa shape index (κ2) is 5.36. The van der Waals surface area contributed by atoms with E-state index in [0.29, 0.717) is 5.69 Å². The second-order valence-electron chi connectivity index (χ2n) is 4.90. The number of ether oxygens (including phenoxy) is 1. The lowest BCUT2D eigenvalue weighted by Gasteiger charge is -2.24. The third-order valence-corrected chi connectivity index (χ3v) is 3.72. The zero-order valence-corrected chi connectivity index (χ0v) is 11.4. The molecule has 1 aliphatic rings. The number of nitrogens with one attached hydrogen (secondary N) is 1. The molecule has 1 aromatic carbocycles. The van der Waals surface area contributed by atoms with Crippen LogP contribution in [-0.4, -0.2) is 34.4 Å². The molecule has 5 heteroatoms. The molecule has 1 aliphatic heterocycles. The van der Waals surface area contributed by atoms with Crippen LogP contribution in [0.15, 0.2) is 36.8 Å². The van der Waals surface area contributed by atoms with Crippen molar-refractivity contribution in [2.45, 2.75) is 18.9 Å². The molecular formula is C15H17N3O2. The van der Waals surface area contributed by atoms with Gasteiger partial charge in [0.1, 0.15) is 11.4 Å². The van der Waals surface area contributed by atoms with Gasteiger partial charge in [0.25, 0.3) is 5.91 Å². The smallest absolute Gasteiger partial charge is 0.272 e. The van der Waals surface area contributed by atoms with Crippen molar-refractivity contribution in [1.82, 2.24) is 14.9 Å². The minimum atomic E-state index is 0.00724. The predicted molar refractivity (Wildman–Crippen MR) is 74.6 cm³/mol. The molecule has 0 saturated carbocycles. The van der Waals surface area contributed by atoms with E-state index in [9.17, 15) is 4.79 Å². The van der Waals surface area contributed by atoms with Crippen LogP contribution >= 0.6 is 0 Å². The first-order valence-electron chi connectivity index (χ1n) is 6.73. The summed E-state index contributed by atoms with van der Waals surface area (Å²) < 4.78 is 5.26. The Hall–Kier alpha value is -2.30. The topological polar surface area (TPSA) is 58.2 Å². The maximum absolute atomic E-state index is 12.5. The van der Waals surface area contributed by atoms with Gasteiger partial charge in [-0.05, 0) is 30.5 Å². The zero-order valence-electron chi connectivity index (χ0n) is 11.4. The molecule has 0 spiro atoms. The van der Waals surface area contributed by atoms with Crippen LogP contribution in [-0.2, 0) is 0 Å². The van der Waals surface area contributed by atoms with Crippen molar-refractivity contribution in [2.75, 3.05) is 13.7 Å². The summed E-state index contributed by atoms with van der Waals surface area (Å²) >= 11 is 0. The fourth-order valence-corrected chi connectivity index (χ4v) is 2.73. The first kappa shape index (κ1) is 12.7. The number of H-pyrrole nitrogens is 1. The summed E-state index contributed by atoms with van der Waals surface area (Å²) in [6.45, 7) is 0.778. The second-order valence-corrected chi connectivity index (χ2v) is 4.90. The predicted octanol–water partition coefficient (Wildman–Crippen LogP) is 2.40. The maximum Gasteiger partial charge on any atom is 0.272 e. The Bertz CT molecular complexity index is 595. The number of nitrogens with zero attached hydrogens (tertiary/aromatic N) is 2. The van der Waals surface area contributed by atoms with Gasteiger partial charge in [-0.3, -0.25) is 4.79 Å². The van der Waals surface area contributed by atoms with Crippen LogP contribution in [0.5, 0.6) is 5.75 Å². The van der Waals surface area contributed by atoms with E-state index in [1.54, 1.807) is 13.3 Å². The van der Waals surface area contributed by atoms with Gasteiger partial charge in [-0.15, -0.1) is 0 Å². The first-order chi connectivity index (χ1) is 9.79. The first-order valence-corrected chi connectivity index (χ1v) is 6.73. The van der Waals surface area contributed by atoms with E-state index >= 15 is 0 Å². The molecule has 104 valence electrons. The van der Waals surface area contributed by atoms with Crippen molar-refractivity contribution in [3.8, 4) is 5.75 Å². The molecule has 0 radical (unpaired) electrons. The lowest BCUT2D eigenvalue weighted by Crippen LogP contribution is -2.30. The van der Waals surface area contributed by atoms with Gasteiger partial charge in [0, 0.05) is 6.54 Å². The van der Waals surface area contributed by atoms with Gasteiger partial charge in [-0.2, -0.15) is 0 Å². The lowest BCUT2D eigenvalue weighted by atomic mass is 10.0. The molecule has 2 heterocycles. The number of carbonyl (C=O) groups excluding carboxylic acids is 1. The summed E-state index contributed by atoms with van der Waals surface area (Å²) in [5.74, 6) is 0.830. The SMILES string of the molecule is COc1cccc(C2CCCN2C(=O)c2cnc[nH]2)c1. The van der Waals surface area contributed by atoms with Gasteiger partial charge in [-0.25, -0.2) is 4.98 Å². The van der Waals surface area contributed by atoms with E-state index < -0.39 is 0 Å². The van der Waals surface area contributed by atoms with Crippen molar-refractivity contribution in [1.29, 1.82) is 0 Å². The number of aromatic nitrogens is 2. The van der Waals surface area contributed by atoms with Crippen LogP contribution in [0.3, 0.4) is 0 Å². The monoisotopic (exact) mass is 271 g/mol. The Morgan fingerprint density at radius 2 is 2.40 bits per heavy atom. The zero-order chi connectivity index (χ0) is 13.9. The summed E-state index contributed by atoms with van der Waals surface area (Å²) in [4.78, 5) is 21.2. The molecule has 1 saturated heterocycles. The van der Waals surface area contributed by atoms with E-state index in [-0.39, 0.29) is 11.9 Å². The fourth-order valence-electron chi connectivity index (χ4n) is 2.73. The Labute approximate surface area is 117 Å². The summed E-state index contributed by atoms with van der Waals surface area (Å²) in [5, 5.41) is 0. The van der Waals surface area contributed by atoms with E-state index in [1.165, 1.54) is 6.33 Å². The highest BCUT2D eigenvalue weighted by Gasteiger charge is 2.31. The van der Waals surface area contributed by atoms with E-state index in [4.69, 9.17) is 4.74 Å². The number of methoxy groups -OCH3 is 1. The van der Waals surface area contributed by atoms with Crippen LogP contribution in [0, 0.1) is 0 Å². The number of carbonyl (C=O) groups is 1. The minimum absolute atomic E-state index is 0.00724.